The number of benzene rings is 2. The van der Waals surface area contributed by atoms with Crippen LogP contribution >= 0.6 is 24.8 Å². The van der Waals surface area contributed by atoms with Gasteiger partial charge < -0.3 is 0 Å². The van der Waals surface area contributed by atoms with Gasteiger partial charge in [-0.2, -0.15) is 0 Å². The first kappa shape index (κ1) is 24.7. The maximum absolute atomic E-state index is 2.41. The van der Waals surface area contributed by atoms with Crippen molar-refractivity contribution in [3.05, 3.63) is 64.2 Å². The van der Waals surface area contributed by atoms with Crippen LogP contribution in [0.15, 0.2) is 42.0 Å². The third-order valence-electron chi connectivity index (χ3n) is 5.25. The van der Waals surface area contributed by atoms with E-state index in [1.807, 2.05) is 0 Å². The number of hydrogen-bond donors (Lipinski definition) is 0. The smallest absolute Gasteiger partial charge is 0.147 e. The first-order valence-electron chi connectivity index (χ1n) is 9.17. The van der Waals surface area contributed by atoms with Crippen LogP contribution in [0.2, 0.25) is 0 Å². The van der Waals surface area contributed by atoms with Crippen molar-refractivity contribution in [3.63, 3.8) is 0 Å². The van der Waals surface area contributed by atoms with Crippen LogP contribution in [0, 0.1) is 0 Å². The van der Waals surface area contributed by atoms with Gasteiger partial charge in [0, 0.05) is 0 Å². The largest absolute Gasteiger partial charge is 0.147 e. The summed E-state index contributed by atoms with van der Waals surface area (Å²) < 4.78 is 0.620. The van der Waals surface area contributed by atoms with Crippen molar-refractivity contribution in [1.29, 1.82) is 0 Å². The molecule has 0 saturated heterocycles. The summed E-state index contributed by atoms with van der Waals surface area (Å²) in [7, 11) is 0. The minimum atomic E-state index is 0. The fourth-order valence-corrected chi connectivity index (χ4v) is 4.28. The molecule has 0 aliphatic heterocycles. The van der Waals surface area contributed by atoms with E-state index in [1.165, 1.54) is 39.0 Å². The summed E-state index contributed by atoms with van der Waals surface area (Å²) in [6, 6.07) is 14.1. The van der Waals surface area contributed by atoms with E-state index in [0.717, 1.165) is 0 Å². The molecule has 1 aliphatic carbocycles. The van der Waals surface area contributed by atoms with Crippen molar-refractivity contribution in [2.75, 3.05) is 0 Å². The molecule has 0 saturated carbocycles. The Morgan fingerprint density at radius 3 is 1.81 bits per heavy atom. The minimum absolute atomic E-state index is 0. The fourth-order valence-electron chi connectivity index (χ4n) is 3.45. The van der Waals surface area contributed by atoms with Crippen LogP contribution in [0.25, 0.3) is 17.2 Å². The van der Waals surface area contributed by atoms with Crippen LogP contribution in [0.1, 0.15) is 74.3 Å². The summed E-state index contributed by atoms with van der Waals surface area (Å²) in [5.74, 6) is 0. The average Bonchev–Trinajstić information content (AvgIpc) is 2.80. The number of rotatable bonds is 1. The molecule has 3 heteroatoms. The molecule has 1 unspecified atom stereocenters. The van der Waals surface area contributed by atoms with Crippen molar-refractivity contribution in [1.82, 2.24) is 0 Å². The van der Waals surface area contributed by atoms with E-state index in [0.29, 0.717) is 3.63 Å². The topological polar surface area (TPSA) is 0 Å². The normalized spacial score (nSPS) is 16.1. The van der Waals surface area contributed by atoms with E-state index < -0.39 is 0 Å². The first-order chi connectivity index (χ1) is 11.5. The predicted octanol–water partition coefficient (Wildman–Crippen LogP) is 7.80. The molecule has 0 N–H and O–H groups in total. The minimum Gasteiger partial charge on any atom is -0.147 e. The Kier molecular flexibility index (Phi) is 7.83. The summed E-state index contributed by atoms with van der Waals surface area (Å²) in [6.07, 6.45) is 2.41. The quantitative estimate of drug-likeness (QED) is 0.390. The Labute approximate surface area is 192 Å². The zero-order chi connectivity index (χ0) is 18.6. The van der Waals surface area contributed by atoms with Gasteiger partial charge in [-0.15, -0.1) is 24.8 Å². The molecule has 0 aromatic heterocycles. The SMILES string of the molecule is CC1=Cc2c(-c3cc(C(C)(C)C)cc(C(C)(C)C)c3)cccc2[CH]1[Zr].Cl.Cl. The number of fused-ring (bicyclic) bond motifs is 1. The Morgan fingerprint density at radius 2 is 1.33 bits per heavy atom. The van der Waals surface area contributed by atoms with Gasteiger partial charge >= 0.3 is 169 Å². The van der Waals surface area contributed by atoms with Gasteiger partial charge in [0.05, 0.1) is 0 Å². The molecule has 0 fully saturated rings. The van der Waals surface area contributed by atoms with Crippen LogP contribution in [0.5, 0.6) is 0 Å². The summed E-state index contributed by atoms with van der Waals surface area (Å²) >= 11 is 1.58. The van der Waals surface area contributed by atoms with Gasteiger partial charge in [-0.25, -0.2) is 0 Å². The molecule has 2 aromatic carbocycles. The maximum atomic E-state index is 2.41. The second-order valence-electron chi connectivity index (χ2n) is 9.43. The molecular formula is C24H31Cl2Zr. The molecule has 3 rings (SSSR count). The Balaban J connectivity index is 0.00000182. The van der Waals surface area contributed by atoms with Gasteiger partial charge in [0.25, 0.3) is 0 Å². The molecule has 0 bridgehead atoms. The Bertz CT molecular complexity index is 819. The second kappa shape index (κ2) is 8.56. The third kappa shape index (κ3) is 4.98. The maximum Gasteiger partial charge on any atom is -0.147 e. The molecule has 1 atom stereocenters. The van der Waals surface area contributed by atoms with E-state index in [1.54, 1.807) is 24.7 Å². The van der Waals surface area contributed by atoms with Crippen molar-refractivity contribution in [2.24, 2.45) is 0 Å². The first-order valence-corrected chi connectivity index (χ1v) is 10.6. The van der Waals surface area contributed by atoms with E-state index in [4.69, 9.17) is 0 Å². The standard InChI is InChI=1S/C24H29.2ClH.Zr/c1-16-11-17-9-8-10-21(22(17)12-16)18-13-19(23(2,3)4)15-20(14-18)24(5,6)7;;;/h8-15H,1-7H3;2*1H;. The zero-order valence-electron chi connectivity index (χ0n) is 17.4. The fraction of sp³-hybridized carbons (Fsp3) is 0.417. The van der Waals surface area contributed by atoms with Crippen molar-refractivity contribution in [2.45, 2.75) is 62.9 Å². The monoisotopic (exact) mass is 479 g/mol. The van der Waals surface area contributed by atoms with Gasteiger partial charge in [-0.1, -0.05) is 0 Å². The van der Waals surface area contributed by atoms with E-state index in [2.05, 4.69) is 90.9 Å². The summed E-state index contributed by atoms with van der Waals surface area (Å²) in [4.78, 5) is 0. The van der Waals surface area contributed by atoms with Crippen LogP contribution in [0.4, 0.5) is 0 Å². The number of hydrogen-bond acceptors (Lipinski definition) is 0. The molecule has 145 valence electrons. The van der Waals surface area contributed by atoms with E-state index >= 15 is 0 Å². The molecule has 0 nitrogen and oxygen atoms in total. The van der Waals surface area contributed by atoms with Gasteiger partial charge in [0.15, 0.2) is 0 Å². The summed E-state index contributed by atoms with van der Waals surface area (Å²) in [6.45, 7) is 16.1. The molecular weight excluding hydrogens is 450 g/mol. The second-order valence-corrected chi connectivity index (χ2v) is 10.8. The van der Waals surface area contributed by atoms with Gasteiger partial charge in [0.1, 0.15) is 0 Å². The van der Waals surface area contributed by atoms with Crippen molar-refractivity contribution >= 4 is 30.9 Å². The van der Waals surface area contributed by atoms with Crippen LogP contribution in [-0.4, -0.2) is 0 Å². The molecule has 27 heavy (non-hydrogen) atoms. The van der Waals surface area contributed by atoms with Gasteiger partial charge in [-0.3, -0.25) is 0 Å². The Hall–Kier alpha value is -0.357. The molecule has 1 aliphatic rings. The molecule has 0 spiro atoms. The molecule has 2 aromatic rings. The van der Waals surface area contributed by atoms with Crippen molar-refractivity contribution in [3.8, 4) is 11.1 Å². The van der Waals surface area contributed by atoms with Crippen molar-refractivity contribution < 1.29 is 24.7 Å². The van der Waals surface area contributed by atoms with E-state index in [9.17, 15) is 0 Å². The third-order valence-corrected chi connectivity index (χ3v) is 7.14. The van der Waals surface area contributed by atoms with Gasteiger partial charge in [0.2, 0.25) is 0 Å². The predicted molar refractivity (Wildman–Crippen MR) is 120 cm³/mol. The van der Waals surface area contributed by atoms with Crippen LogP contribution in [0.3, 0.4) is 0 Å². The van der Waals surface area contributed by atoms with Crippen LogP contribution in [-0.2, 0) is 35.5 Å². The molecule has 0 heterocycles. The summed E-state index contributed by atoms with van der Waals surface area (Å²) in [5, 5.41) is 0. The number of halogens is 2. The molecule has 0 radical (unpaired) electrons. The summed E-state index contributed by atoms with van der Waals surface area (Å²) in [5.41, 5.74) is 10.3. The van der Waals surface area contributed by atoms with Crippen LogP contribution < -0.4 is 0 Å². The van der Waals surface area contributed by atoms with E-state index in [-0.39, 0.29) is 35.6 Å². The zero-order valence-corrected chi connectivity index (χ0v) is 21.5. The van der Waals surface area contributed by atoms with Gasteiger partial charge in [-0.05, 0) is 0 Å². The Morgan fingerprint density at radius 1 is 0.815 bits per heavy atom. The number of allylic oxidation sites excluding steroid dienone is 1. The average molecular weight is 482 g/mol. The molecule has 0 amide bonds.